The number of hydrogen-bond acceptors (Lipinski definition) is 8. The van der Waals surface area contributed by atoms with E-state index in [1.165, 1.54) is 23.0 Å². The van der Waals surface area contributed by atoms with Crippen molar-refractivity contribution in [2.75, 3.05) is 18.0 Å². The quantitative estimate of drug-likeness (QED) is 0.409. The minimum Gasteiger partial charge on any atom is -0.404 e. The van der Waals surface area contributed by atoms with Crippen molar-refractivity contribution in [3.63, 3.8) is 0 Å². The van der Waals surface area contributed by atoms with E-state index in [-0.39, 0.29) is 36.0 Å². The second kappa shape index (κ2) is 9.29. The lowest BCUT2D eigenvalue weighted by Crippen LogP contribution is -2.46. The third-order valence-electron chi connectivity index (χ3n) is 5.42. The number of piperidine rings is 1. The Bertz CT molecular complexity index is 1210. The van der Waals surface area contributed by atoms with Gasteiger partial charge in [-0.15, -0.1) is 0 Å². The summed E-state index contributed by atoms with van der Waals surface area (Å²) in [7, 11) is 0. The van der Waals surface area contributed by atoms with Crippen LogP contribution in [0.5, 0.6) is 0 Å². The number of nitrogens with one attached hydrogen (secondary N) is 1. The van der Waals surface area contributed by atoms with Crippen LogP contribution in [0.4, 0.5) is 27.8 Å². The van der Waals surface area contributed by atoms with Crippen LogP contribution >= 0.6 is 0 Å². The van der Waals surface area contributed by atoms with Crippen molar-refractivity contribution >= 4 is 17.7 Å². The van der Waals surface area contributed by atoms with Gasteiger partial charge in [0.25, 0.3) is 0 Å². The molecule has 0 amide bonds. The Balaban J connectivity index is 1.69. The number of aromatic nitrogens is 5. The first-order valence-electron chi connectivity index (χ1n) is 10.0. The number of imidazole rings is 1. The van der Waals surface area contributed by atoms with E-state index in [0.29, 0.717) is 17.9 Å². The smallest absolute Gasteiger partial charge is 0.404 e. The van der Waals surface area contributed by atoms with E-state index in [4.69, 9.17) is 15.9 Å². The van der Waals surface area contributed by atoms with E-state index in [1.54, 1.807) is 11.0 Å². The van der Waals surface area contributed by atoms with Gasteiger partial charge in [-0.05, 0) is 24.3 Å². The van der Waals surface area contributed by atoms with Gasteiger partial charge >= 0.3 is 12.8 Å². The number of anilines is 1. The van der Waals surface area contributed by atoms with Crippen molar-refractivity contribution in [1.82, 2.24) is 24.3 Å². The fourth-order valence-electron chi connectivity index (χ4n) is 3.88. The van der Waals surface area contributed by atoms with E-state index < -0.39 is 24.6 Å². The number of nitrogens with zero attached hydrogens (tertiary/aromatic N) is 6. The van der Waals surface area contributed by atoms with E-state index in [1.807, 2.05) is 0 Å². The van der Waals surface area contributed by atoms with Crippen molar-refractivity contribution in [2.45, 2.75) is 25.3 Å². The molecule has 0 aromatic carbocycles. The lowest BCUT2D eigenvalue weighted by Gasteiger charge is -2.38. The minimum atomic E-state index is -4.65. The number of fused-ring (bicyclic) bond motifs is 1. The summed E-state index contributed by atoms with van der Waals surface area (Å²) in [5.74, 6) is 0.0630. The van der Waals surface area contributed by atoms with E-state index in [9.17, 15) is 22.0 Å². The number of rotatable bonds is 6. The first kappa shape index (κ1) is 23.5. The fourth-order valence-corrected chi connectivity index (χ4v) is 3.88. The van der Waals surface area contributed by atoms with Gasteiger partial charge in [-0.25, -0.2) is 19.9 Å². The summed E-state index contributed by atoms with van der Waals surface area (Å²) in [6.07, 6.45) is 1.56. The molecule has 0 saturated carbocycles. The Labute approximate surface area is 189 Å². The van der Waals surface area contributed by atoms with Gasteiger partial charge in [0.05, 0.1) is 18.5 Å². The highest BCUT2D eigenvalue weighted by atomic mass is 19.4. The Morgan fingerprint density at radius 1 is 1.21 bits per heavy atom. The third kappa shape index (κ3) is 4.81. The number of ether oxygens (including phenoxy) is 1. The summed E-state index contributed by atoms with van der Waals surface area (Å²) in [6.45, 7) is -2.58. The van der Waals surface area contributed by atoms with Gasteiger partial charge in [-0.2, -0.15) is 22.0 Å². The summed E-state index contributed by atoms with van der Waals surface area (Å²) in [5.41, 5.74) is 5.30. The maximum atomic E-state index is 13.1. The lowest BCUT2D eigenvalue weighted by molar-refractivity contribution is -0.166. The highest BCUT2D eigenvalue weighted by Gasteiger charge is 2.34. The van der Waals surface area contributed by atoms with E-state index >= 15 is 0 Å². The fraction of sp³-hybridized carbons (Fsp3) is 0.350. The van der Waals surface area contributed by atoms with Crippen LogP contribution in [0.15, 0.2) is 42.6 Å². The van der Waals surface area contributed by atoms with Crippen LogP contribution in [-0.4, -0.2) is 56.4 Å². The molecule has 9 nitrogen and oxygen atoms in total. The van der Waals surface area contributed by atoms with Gasteiger partial charge in [0.15, 0.2) is 17.2 Å². The topological polar surface area (TPSA) is 118 Å². The van der Waals surface area contributed by atoms with Gasteiger partial charge in [0.1, 0.15) is 11.5 Å². The molecule has 0 aliphatic carbocycles. The molecule has 3 aromatic heterocycles. The monoisotopic (exact) mass is 482 g/mol. The molecule has 0 radical (unpaired) electrons. The molecule has 0 spiro atoms. The second-order valence-corrected chi connectivity index (χ2v) is 7.55. The maximum absolute atomic E-state index is 13.1. The first-order chi connectivity index (χ1) is 16.2. The van der Waals surface area contributed by atoms with Crippen LogP contribution in [0.2, 0.25) is 0 Å². The predicted molar refractivity (Wildman–Crippen MR) is 111 cm³/mol. The molecule has 1 fully saturated rings. The largest absolute Gasteiger partial charge is 0.434 e. The van der Waals surface area contributed by atoms with Gasteiger partial charge in [0, 0.05) is 37.6 Å². The van der Waals surface area contributed by atoms with Crippen LogP contribution < -0.4 is 10.6 Å². The van der Waals surface area contributed by atoms with Crippen LogP contribution in [0.3, 0.4) is 0 Å². The van der Waals surface area contributed by atoms with Gasteiger partial charge in [-0.1, -0.05) is 0 Å². The van der Waals surface area contributed by atoms with Gasteiger partial charge < -0.3 is 20.8 Å². The number of hydrogen-bond donors (Lipinski definition) is 2. The van der Waals surface area contributed by atoms with Crippen LogP contribution in [0.1, 0.15) is 12.1 Å². The van der Waals surface area contributed by atoms with Crippen molar-refractivity contribution in [1.29, 1.82) is 5.41 Å². The molecule has 180 valence electrons. The number of halogens is 5. The average molecular weight is 482 g/mol. The molecule has 1 saturated heterocycles. The predicted octanol–water partition coefficient (Wildman–Crippen LogP) is 3.13. The molecule has 0 bridgehead atoms. The van der Waals surface area contributed by atoms with Crippen molar-refractivity contribution in [3.05, 3.63) is 48.3 Å². The lowest BCUT2D eigenvalue weighted by atomic mass is 9.89. The number of nitrogens with two attached hydrogens (primary N) is 1. The second-order valence-electron chi connectivity index (χ2n) is 7.55. The Kier molecular flexibility index (Phi) is 6.41. The molecular weight excluding hydrogens is 463 g/mol. The molecule has 3 aromatic rings. The zero-order valence-corrected chi connectivity index (χ0v) is 17.5. The molecule has 34 heavy (non-hydrogen) atoms. The summed E-state index contributed by atoms with van der Waals surface area (Å²) in [6, 6.07) is 1.55. The van der Waals surface area contributed by atoms with Crippen molar-refractivity contribution in [3.8, 4) is 11.5 Å². The zero-order chi connectivity index (χ0) is 24.5. The van der Waals surface area contributed by atoms with Crippen LogP contribution in [0.25, 0.3) is 17.2 Å². The molecule has 2 atom stereocenters. The minimum absolute atomic E-state index is 0.0828. The Hall–Kier alpha value is -3.68. The highest BCUT2D eigenvalue weighted by molar-refractivity contribution is 5.76. The first-order valence-corrected chi connectivity index (χ1v) is 10.0. The molecule has 2 unspecified atom stereocenters. The molecule has 1 aliphatic rings. The van der Waals surface area contributed by atoms with E-state index in [2.05, 4.69) is 19.9 Å². The molecule has 3 N–H and O–H groups in total. The maximum Gasteiger partial charge on any atom is 0.434 e. The van der Waals surface area contributed by atoms with Crippen LogP contribution in [0, 0.1) is 11.3 Å². The number of alkyl halides is 5. The molecule has 1 aliphatic heterocycles. The molecule has 4 rings (SSSR count). The average Bonchev–Trinajstić information content (AvgIpc) is 3.22. The molecule has 14 heteroatoms. The van der Waals surface area contributed by atoms with Gasteiger partial charge in [0.2, 0.25) is 0 Å². The van der Waals surface area contributed by atoms with Crippen molar-refractivity contribution < 1.29 is 26.7 Å². The van der Waals surface area contributed by atoms with Crippen LogP contribution in [-0.2, 0) is 10.9 Å². The summed E-state index contributed by atoms with van der Waals surface area (Å²) in [4.78, 5) is 17.7. The Morgan fingerprint density at radius 3 is 2.68 bits per heavy atom. The highest BCUT2D eigenvalue weighted by Crippen LogP contribution is 2.31. The Morgan fingerprint density at radius 2 is 2.00 bits per heavy atom. The zero-order valence-electron chi connectivity index (χ0n) is 17.5. The summed E-state index contributed by atoms with van der Waals surface area (Å²) < 4.78 is 71.1. The SMILES string of the molecule is N=CC(=CN)C1CC(OC(F)F)CN(c2ccnc(-c3cnc4cnc(C(F)(F)F)cn34)n2)C1. The summed E-state index contributed by atoms with van der Waals surface area (Å²) in [5, 5.41) is 7.54. The van der Waals surface area contributed by atoms with Crippen molar-refractivity contribution in [2.24, 2.45) is 11.7 Å². The van der Waals surface area contributed by atoms with Gasteiger partial charge in [-0.3, -0.25) is 4.40 Å². The van der Waals surface area contributed by atoms with E-state index in [0.717, 1.165) is 18.6 Å². The summed E-state index contributed by atoms with van der Waals surface area (Å²) >= 11 is 0. The molecular formula is C20H19F5N8O. The third-order valence-corrected chi connectivity index (χ3v) is 5.42. The standard InChI is InChI=1S/C20H19F5N8O/c21-19(22)34-13-3-11(12(4-26)5-27)8-32(9-13)16-1-2-28-18(31-16)14-6-30-17-7-29-15(10-33(14)17)20(23,24)25/h1-2,4-7,10-11,13,19,26H,3,8-9,27H2. The molecule has 4 heterocycles. The normalized spacial score (nSPS) is 19.7.